The third-order valence-electron chi connectivity index (χ3n) is 5.80. The van der Waals surface area contributed by atoms with Gasteiger partial charge in [0.05, 0.1) is 0 Å². The summed E-state index contributed by atoms with van der Waals surface area (Å²) in [6.45, 7) is 15.5. The van der Waals surface area contributed by atoms with Crippen LogP contribution in [0.2, 0.25) is 0 Å². The van der Waals surface area contributed by atoms with Gasteiger partial charge in [-0.15, -0.1) is 0 Å². The second kappa shape index (κ2) is 9.84. The molecule has 0 bridgehead atoms. The van der Waals surface area contributed by atoms with Crippen molar-refractivity contribution < 1.29 is 0 Å². The maximum atomic E-state index is 3.82. The molecule has 0 spiro atoms. The van der Waals surface area contributed by atoms with Crippen LogP contribution in [0.3, 0.4) is 0 Å². The Morgan fingerprint density at radius 3 is 2.38 bits per heavy atom. The van der Waals surface area contributed by atoms with Crippen LogP contribution < -0.4 is 5.32 Å². The van der Waals surface area contributed by atoms with E-state index >= 15 is 0 Å². The minimum atomic E-state index is 0.368. The summed E-state index contributed by atoms with van der Waals surface area (Å²) < 4.78 is 0. The van der Waals surface area contributed by atoms with Crippen molar-refractivity contribution in [3.05, 3.63) is 0 Å². The Hall–Kier alpha value is -0.0800. The average Bonchev–Trinajstić information content (AvgIpc) is 2.51. The predicted octanol–water partition coefficient (Wildman–Crippen LogP) is 4.84. The van der Waals surface area contributed by atoms with Crippen LogP contribution in [0.15, 0.2) is 0 Å². The number of unbranched alkanes of at least 4 members (excludes halogenated alkanes) is 5. The molecule has 1 fully saturated rings. The van der Waals surface area contributed by atoms with Crippen LogP contribution in [0, 0.1) is 5.92 Å². The van der Waals surface area contributed by atoms with Gasteiger partial charge in [-0.1, -0.05) is 66.2 Å². The fourth-order valence-electron chi connectivity index (χ4n) is 3.44. The first-order valence-corrected chi connectivity index (χ1v) is 9.55. The lowest BCUT2D eigenvalue weighted by molar-refractivity contribution is 0.0349. The molecule has 0 amide bonds. The van der Waals surface area contributed by atoms with Gasteiger partial charge >= 0.3 is 0 Å². The molecule has 2 heteroatoms. The number of hydrogen-bond donors (Lipinski definition) is 1. The minimum absolute atomic E-state index is 0.368. The lowest BCUT2D eigenvalue weighted by Crippen LogP contribution is -2.64. The van der Waals surface area contributed by atoms with E-state index in [1.807, 2.05) is 0 Å². The van der Waals surface area contributed by atoms with Crippen molar-refractivity contribution in [1.29, 1.82) is 0 Å². The van der Waals surface area contributed by atoms with Crippen LogP contribution in [-0.4, -0.2) is 36.1 Å². The van der Waals surface area contributed by atoms with E-state index in [4.69, 9.17) is 0 Å². The Morgan fingerprint density at radius 1 is 1.10 bits per heavy atom. The van der Waals surface area contributed by atoms with Crippen LogP contribution in [0.1, 0.15) is 86.0 Å². The molecule has 0 radical (unpaired) electrons. The third kappa shape index (κ3) is 5.90. The highest BCUT2D eigenvalue weighted by molar-refractivity contribution is 4.96. The van der Waals surface area contributed by atoms with E-state index in [1.54, 1.807) is 0 Å². The molecule has 1 heterocycles. The largest absolute Gasteiger partial charge is 0.311 e. The van der Waals surface area contributed by atoms with E-state index in [0.717, 1.165) is 12.5 Å². The minimum Gasteiger partial charge on any atom is -0.311 e. The second-order valence-electron chi connectivity index (χ2n) is 7.44. The highest BCUT2D eigenvalue weighted by atomic mass is 15.3. The van der Waals surface area contributed by atoms with Gasteiger partial charge in [-0.05, 0) is 32.2 Å². The van der Waals surface area contributed by atoms with Crippen molar-refractivity contribution in [3.63, 3.8) is 0 Å². The van der Waals surface area contributed by atoms with Crippen molar-refractivity contribution in [3.8, 4) is 0 Å². The van der Waals surface area contributed by atoms with Crippen molar-refractivity contribution in [2.75, 3.05) is 19.6 Å². The molecule has 0 aliphatic carbocycles. The molecule has 21 heavy (non-hydrogen) atoms. The van der Waals surface area contributed by atoms with Gasteiger partial charge in [0, 0.05) is 24.7 Å². The molecule has 3 unspecified atom stereocenters. The van der Waals surface area contributed by atoms with Crippen molar-refractivity contribution in [1.82, 2.24) is 10.2 Å². The fraction of sp³-hybridized carbons (Fsp3) is 1.00. The van der Waals surface area contributed by atoms with Gasteiger partial charge in [0.2, 0.25) is 0 Å². The van der Waals surface area contributed by atoms with Gasteiger partial charge in [0.1, 0.15) is 0 Å². The topological polar surface area (TPSA) is 15.3 Å². The average molecular weight is 297 g/mol. The molecule has 0 saturated carbocycles. The summed E-state index contributed by atoms with van der Waals surface area (Å²) in [4.78, 5) is 2.79. The Bertz CT molecular complexity index is 266. The first kappa shape index (κ1) is 19.0. The Morgan fingerprint density at radius 2 is 1.76 bits per heavy atom. The molecule has 1 saturated heterocycles. The zero-order chi connectivity index (χ0) is 15.7. The molecular formula is C19H40N2. The molecule has 1 rings (SSSR count). The summed E-state index contributed by atoms with van der Waals surface area (Å²) in [6, 6.07) is 0.690. The summed E-state index contributed by atoms with van der Waals surface area (Å²) in [5.74, 6) is 0.790. The monoisotopic (exact) mass is 296 g/mol. The van der Waals surface area contributed by atoms with E-state index < -0.39 is 0 Å². The van der Waals surface area contributed by atoms with Gasteiger partial charge < -0.3 is 5.32 Å². The fourth-order valence-corrected chi connectivity index (χ4v) is 3.44. The van der Waals surface area contributed by atoms with E-state index in [9.17, 15) is 0 Å². The van der Waals surface area contributed by atoms with E-state index in [0.29, 0.717) is 11.6 Å². The standard InChI is InChI=1S/C19H40N2/c1-6-9-10-11-12-13-14-21-15-18(17(4)7-2)20-16-19(21,5)8-3/h17-18,20H,6-16H2,1-5H3. The van der Waals surface area contributed by atoms with Gasteiger partial charge in [-0.2, -0.15) is 0 Å². The molecule has 1 aliphatic heterocycles. The number of piperazine rings is 1. The smallest absolute Gasteiger partial charge is 0.0303 e. The molecule has 1 N–H and O–H groups in total. The van der Waals surface area contributed by atoms with Gasteiger partial charge in [-0.25, -0.2) is 0 Å². The third-order valence-corrected chi connectivity index (χ3v) is 5.80. The summed E-state index contributed by atoms with van der Waals surface area (Å²) >= 11 is 0. The first-order valence-electron chi connectivity index (χ1n) is 9.55. The Labute approximate surface area is 134 Å². The normalized spacial score (nSPS) is 28.7. The maximum Gasteiger partial charge on any atom is 0.0303 e. The molecule has 0 aromatic heterocycles. The molecule has 1 aliphatic rings. The highest BCUT2D eigenvalue weighted by Crippen LogP contribution is 2.26. The Balaban J connectivity index is 2.41. The van der Waals surface area contributed by atoms with Gasteiger partial charge in [-0.3, -0.25) is 4.90 Å². The van der Waals surface area contributed by atoms with Crippen LogP contribution in [0.4, 0.5) is 0 Å². The summed E-state index contributed by atoms with van der Waals surface area (Å²) in [5, 5.41) is 3.82. The van der Waals surface area contributed by atoms with Crippen LogP contribution in [-0.2, 0) is 0 Å². The summed E-state index contributed by atoms with van der Waals surface area (Å²) in [7, 11) is 0. The maximum absolute atomic E-state index is 3.82. The van der Waals surface area contributed by atoms with Crippen LogP contribution >= 0.6 is 0 Å². The first-order chi connectivity index (χ1) is 10.1. The SMILES string of the molecule is CCCCCCCCN1CC(C(C)CC)NCC1(C)CC. The molecule has 3 atom stereocenters. The number of hydrogen-bond acceptors (Lipinski definition) is 2. The quantitative estimate of drug-likeness (QED) is 0.581. The van der Waals surface area contributed by atoms with E-state index in [1.165, 1.54) is 64.5 Å². The van der Waals surface area contributed by atoms with E-state index in [2.05, 4.69) is 44.8 Å². The van der Waals surface area contributed by atoms with Gasteiger partial charge in [0.15, 0.2) is 0 Å². The lowest BCUT2D eigenvalue weighted by atomic mass is 9.87. The van der Waals surface area contributed by atoms with Crippen LogP contribution in [0.25, 0.3) is 0 Å². The second-order valence-corrected chi connectivity index (χ2v) is 7.44. The Kier molecular flexibility index (Phi) is 8.89. The molecule has 0 aromatic rings. The zero-order valence-corrected chi connectivity index (χ0v) is 15.4. The van der Waals surface area contributed by atoms with Crippen molar-refractivity contribution in [2.24, 2.45) is 5.92 Å². The predicted molar refractivity (Wildman–Crippen MR) is 94.9 cm³/mol. The molecular weight excluding hydrogens is 256 g/mol. The number of rotatable bonds is 10. The highest BCUT2D eigenvalue weighted by Gasteiger charge is 2.36. The van der Waals surface area contributed by atoms with Crippen molar-refractivity contribution in [2.45, 2.75) is 97.6 Å². The lowest BCUT2D eigenvalue weighted by Gasteiger charge is -2.49. The molecule has 0 aromatic carbocycles. The van der Waals surface area contributed by atoms with Crippen LogP contribution in [0.5, 0.6) is 0 Å². The number of nitrogens with zero attached hydrogens (tertiary/aromatic N) is 1. The zero-order valence-electron chi connectivity index (χ0n) is 15.4. The van der Waals surface area contributed by atoms with Gasteiger partial charge in [0.25, 0.3) is 0 Å². The summed E-state index contributed by atoms with van der Waals surface area (Å²) in [6.07, 6.45) is 11.0. The summed E-state index contributed by atoms with van der Waals surface area (Å²) in [5.41, 5.74) is 0.368. The van der Waals surface area contributed by atoms with E-state index in [-0.39, 0.29) is 0 Å². The molecule has 2 nitrogen and oxygen atoms in total. The van der Waals surface area contributed by atoms with Crippen molar-refractivity contribution >= 4 is 0 Å². The molecule has 126 valence electrons. The number of nitrogens with one attached hydrogen (secondary N) is 1.